The lowest BCUT2D eigenvalue weighted by atomic mass is 10.1. The van der Waals surface area contributed by atoms with Crippen LogP contribution in [0.2, 0.25) is 0 Å². The number of hydrogen-bond donors (Lipinski definition) is 0. The van der Waals surface area contributed by atoms with Crippen molar-refractivity contribution in [1.29, 1.82) is 0 Å². The second kappa shape index (κ2) is 3.89. The van der Waals surface area contributed by atoms with Crippen LogP contribution in [0.25, 0.3) is 0 Å². The lowest BCUT2D eigenvalue weighted by Crippen LogP contribution is -2.08. The zero-order valence-corrected chi connectivity index (χ0v) is 9.56. The van der Waals surface area contributed by atoms with Gasteiger partial charge in [0.15, 0.2) is 0 Å². The number of carbonyl (C=O) groups is 1. The van der Waals surface area contributed by atoms with Crippen LogP contribution in [0.15, 0.2) is 24.5 Å². The average Bonchev–Trinajstić information content (AvgIpc) is 2.64. The molecule has 0 saturated carbocycles. The van der Waals surface area contributed by atoms with Gasteiger partial charge in [-0.15, -0.1) is 0 Å². The van der Waals surface area contributed by atoms with Gasteiger partial charge >= 0.3 is 0 Å². The van der Waals surface area contributed by atoms with Gasteiger partial charge in [0.25, 0.3) is 0 Å². The summed E-state index contributed by atoms with van der Waals surface area (Å²) in [7, 11) is 1.78. The van der Waals surface area contributed by atoms with Crippen LogP contribution in [0, 0.1) is 13.8 Å². The number of pyridine rings is 1. The van der Waals surface area contributed by atoms with Gasteiger partial charge in [0, 0.05) is 19.4 Å². The Balaban J connectivity index is 2.41. The van der Waals surface area contributed by atoms with Crippen LogP contribution < -0.4 is 0 Å². The van der Waals surface area contributed by atoms with Crippen molar-refractivity contribution in [2.45, 2.75) is 13.8 Å². The molecular formula is C12H13N3O. The van der Waals surface area contributed by atoms with Gasteiger partial charge in [0.2, 0.25) is 5.78 Å². The Bertz CT molecular complexity index is 543. The van der Waals surface area contributed by atoms with Gasteiger partial charge in [0.05, 0.1) is 0 Å². The molecule has 0 saturated heterocycles. The van der Waals surface area contributed by atoms with Crippen molar-refractivity contribution in [3.05, 3.63) is 47.0 Å². The smallest absolute Gasteiger partial charge is 0.231 e. The van der Waals surface area contributed by atoms with Gasteiger partial charge in [-0.2, -0.15) is 5.10 Å². The molecule has 82 valence electrons. The van der Waals surface area contributed by atoms with Crippen LogP contribution in [0.1, 0.15) is 27.3 Å². The number of ketones is 1. The first-order chi connectivity index (χ1) is 7.58. The molecule has 0 spiro atoms. The molecule has 0 bridgehead atoms. The second-order valence-electron chi connectivity index (χ2n) is 3.88. The summed E-state index contributed by atoms with van der Waals surface area (Å²) >= 11 is 0. The first-order valence-electron chi connectivity index (χ1n) is 5.05. The molecule has 2 aromatic rings. The summed E-state index contributed by atoms with van der Waals surface area (Å²) in [5.74, 6) is -0.127. The Kier molecular flexibility index (Phi) is 2.56. The predicted octanol–water partition coefficient (Wildman–Crippen LogP) is 1.66. The number of nitrogens with zero attached hydrogens (tertiary/aromatic N) is 3. The zero-order chi connectivity index (χ0) is 11.7. The summed E-state index contributed by atoms with van der Waals surface area (Å²) in [6.45, 7) is 3.84. The quantitative estimate of drug-likeness (QED) is 0.716. The standard InChI is InChI=1S/C12H13N3O/c1-8-6-9(2)11(13-7-8)12(16)10-4-5-15(3)14-10/h4-7H,1-3H3. The largest absolute Gasteiger partial charge is 0.285 e. The Morgan fingerprint density at radius 2 is 2.12 bits per heavy atom. The first-order valence-corrected chi connectivity index (χ1v) is 5.05. The first kappa shape index (κ1) is 10.5. The molecule has 0 aliphatic heterocycles. The number of aromatic nitrogens is 3. The molecule has 0 aliphatic rings. The zero-order valence-electron chi connectivity index (χ0n) is 9.56. The molecule has 2 rings (SSSR count). The summed E-state index contributed by atoms with van der Waals surface area (Å²) in [6.07, 6.45) is 3.44. The van der Waals surface area contributed by atoms with Crippen molar-refractivity contribution in [3.63, 3.8) is 0 Å². The van der Waals surface area contributed by atoms with Crippen molar-refractivity contribution in [2.24, 2.45) is 7.05 Å². The van der Waals surface area contributed by atoms with E-state index < -0.39 is 0 Å². The maximum absolute atomic E-state index is 12.1. The highest BCUT2D eigenvalue weighted by molar-refractivity contribution is 6.07. The van der Waals surface area contributed by atoms with Gasteiger partial charge < -0.3 is 0 Å². The average molecular weight is 215 g/mol. The molecule has 4 heteroatoms. The predicted molar refractivity (Wildman–Crippen MR) is 60.4 cm³/mol. The highest BCUT2D eigenvalue weighted by Crippen LogP contribution is 2.11. The lowest BCUT2D eigenvalue weighted by Gasteiger charge is -2.02. The van der Waals surface area contributed by atoms with Gasteiger partial charge in [-0.1, -0.05) is 6.07 Å². The third-order valence-electron chi connectivity index (χ3n) is 2.38. The van der Waals surface area contributed by atoms with E-state index in [9.17, 15) is 4.79 Å². The summed E-state index contributed by atoms with van der Waals surface area (Å²) in [4.78, 5) is 16.2. The highest BCUT2D eigenvalue weighted by Gasteiger charge is 2.15. The van der Waals surface area contributed by atoms with Crippen molar-refractivity contribution in [3.8, 4) is 0 Å². The fraction of sp³-hybridized carbons (Fsp3) is 0.250. The van der Waals surface area contributed by atoms with Crippen LogP contribution in [-0.2, 0) is 7.05 Å². The number of aryl methyl sites for hydroxylation is 3. The summed E-state index contributed by atoms with van der Waals surface area (Å²) in [6, 6.07) is 3.65. The van der Waals surface area contributed by atoms with Crippen LogP contribution in [0.4, 0.5) is 0 Å². The van der Waals surface area contributed by atoms with E-state index in [-0.39, 0.29) is 5.78 Å². The molecule has 0 aliphatic carbocycles. The Morgan fingerprint density at radius 1 is 1.38 bits per heavy atom. The highest BCUT2D eigenvalue weighted by atomic mass is 16.1. The molecule has 2 heterocycles. The van der Waals surface area contributed by atoms with E-state index in [2.05, 4.69) is 10.1 Å². The SMILES string of the molecule is Cc1cnc(C(=O)c2ccn(C)n2)c(C)c1. The van der Waals surface area contributed by atoms with Crippen molar-refractivity contribution < 1.29 is 4.79 Å². The molecule has 0 unspecified atom stereocenters. The topological polar surface area (TPSA) is 47.8 Å². The van der Waals surface area contributed by atoms with Crippen LogP contribution >= 0.6 is 0 Å². The third kappa shape index (κ3) is 1.86. The van der Waals surface area contributed by atoms with Crippen LogP contribution in [0.3, 0.4) is 0 Å². The van der Waals surface area contributed by atoms with E-state index in [0.717, 1.165) is 11.1 Å². The molecule has 2 aromatic heterocycles. The van der Waals surface area contributed by atoms with Gasteiger partial charge in [-0.3, -0.25) is 14.5 Å². The number of carbonyl (C=O) groups excluding carboxylic acids is 1. The maximum atomic E-state index is 12.1. The van der Waals surface area contributed by atoms with E-state index in [0.29, 0.717) is 11.4 Å². The summed E-state index contributed by atoms with van der Waals surface area (Å²) < 4.78 is 1.61. The molecule has 0 fully saturated rings. The molecule has 0 amide bonds. The minimum absolute atomic E-state index is 0.127. The second-order valence-corrected chi connectivity index (χ2v) is 3.88. The number of hydrogen-bond acceptors (Lipinski definition) is 3. The molecule has 0 N–H and O–H groups in total. The van der Waals surface area contributed by atoms with E-state index in [4.69, 9.17) is 0 Å². The monoisotopic (exact) mass is 215 g/mol. The van der Waals surface area contributed by atoms with Crippen LogP contribution in [0.5, 0.6) is 0 Å². The fourth-order valence-electron chi connectivity index (χ4n) is 1.61. The van der Waals surface area contributed by atoms with E-state index >= 15 is 0 Å². The summed E-state index contributed by atoms with van der Waals surface area (Å²) in [5.41, 5.74) is 2.84. The van der Waals surface area contributed by atoms with Gasteiger partial charge in [-0.05, 0) is 31.0 Å². The van der Waals surface area contributed by atoms with Gasteiger partial charge in [0.1, 0.15) is 11.4 Å². The molecule has 0 radical (unpaired) electrons. The Labute approximate surface area is 93.9 Å². The molecular weight excluding hydrogens is 202 g/mol. The van der Waals surface area contributed by atoms with Gasteiger partial charge in [-0.25, -0.2) is 0 Å². The molecule has 16 heavy (non-hydrogen) atoms. The van der Waals surface area contributed by atoms with Crippen molar-refractivity contribution in [1.82, 2.24) is 14.8 Å². The summed E-state index contributed by atoms with van der Waals surface area (Å²) in [5, 5.41) is 4.08. The fourth-order valence-corrected chi connectivity index (χ4v) is 1.61. The number of rotatable bonds is 2. The van der Waals surface area contributed by atoms with E-state index in [1.54, 1.807) is 30.2 Å². The lowest BCUT2D eigenvalue weighted by molar-refractivity contribution is 0.102. The molecule has 4 nitrogen and oxygen atoms in total. The maximum Gasteiger partial charge on any atom is 0.231 e. The minimum atomic E-state index is -0.127. The third-order valence-corrected chi connectivity index (χ3v) is 2.38. The normalized spacial score (nSPS) is 10.4. The minimum Gasteiger partial charge on any atom is -0.285 e. The Morgan fingerprint density at radius 3 is 2.69 bits per heavy atom. The van der Waals surface area contributed by atoms with Crippen molar-refractivity contribution in [2.75, 3.05) is 0 Å². The Hall–Kier alpha value is -1.97. The van der Waals surface area contributed by atoms with E-state index in [1.165, 1.54) is 0 Å². The van der Waals surface area contributed by atoms with E-state index in [1.807, 2.05) is 19.9 Å². The van der Waals surface area contributed by atoms with Crippen molar-refractivity contribution >= 4 is 5.78 Å². The van der Waals surface area contributed by atoms with Crippen LogP contribution in [-0.4, -0.2) is 20.5 Å². The molecule has 0 aromatic carbocycles. The molecule has 0 atom stereocenters.